The third-order valence-corrected chi connectivity index (χ3v) is 2.63. The molecule has 19 heavy (non-hydrogen) atoms. The summed E-state index contributed by atoms with van der Waals surface area (Å²) in [7, 11) is 1.58. The van der Waals surface area contributed by atoms with Crippen LogP contribution in [-0.4, -0.2) is 41.9 Å². The van der Waals surface area contributed by atoms with Gasteiger partial charge in [-0.15, -0.1) is 0 Å². The lowest BCUT2D eigenvalue weighted by molar-refractivity contribution is -0.146. The number of carbonyl (C=O) groups is 2. The molecule has 0 aliphatic heterocycles. The first-order valence-corrected chi connectivity index (χ1v) is 5.82. The molecule has 0 aromatic heterocycles. The molecule has 6 nitrogen and oxygen atoms in total. The zero-order chi connectivity index (χ0) is 14.6. The van der Waals surface area contributed by atoms with E-state index in [9.17, 15) is 9.59 Å². The predicted molar refractivity (Wildman–Crippen MR) is 71.4 cm³/mol. The Balaban J connectivity index is 2.69. The average molecular weight is 266 g/mol. The van der Waals surface area contributed by atoms with Crippen LogP contribution in [0, 0.1) is 13.8 Å². The highest BCUT2D eigenvalue weighted by atomic mass is 16.4. The average Bonchev–Trinajstić information content (AvgIpc) is 2.33. The predicted octanol–water partition coefficient (Wildman–Crippen LogP) is 0.895. The number of amides is 2. The normalized spacial score (nSPS) is 11.8. The van der Waals surface area contributed by atoms with E-state index in [0.717, 1.165) is 11.1 Å². The molecule has 0 heterocycles. The van der Waals surface area contributed by atoms with Crippen LogP contribution >= 0.6 is 0 Å². The maximum absolute atomic E-state index is 11.8. The monoisotopic (exact) mass is 266 g/mol. The molecule has 6 heteroatoms. The highest BCUT2D eigenvalue weighted by molar-refractivity contribution is 5.91. The molecule has 1 atom stereocenters. The molecule has 0 bridgehead atoms. The van der Waals surface area contributed by atoms with E-state index >= 15 is 0 Å². The molecule has 104 valence electrons. The molecule has 1 aromatic carbocycles. The zero-order valence-electron chi connectivity index (χ0n) is 11.2. The van der Waals surface area contributed by atoms with E-state index in [1.807, 2.05) is 32.0 Å². The summed E-state index contributed by atoms with van der Waals surface area (Å²) in [6.07, 6.45) is -1.60. The van der Waals surface area contributed by atoms with Gasteiger partial charge in [0.05, 0.1) is 6.54 Å². The van der Waals surface area contributed by atoms with E-state index < -0.39 is 18.1 Å². The van der Waals surface area contributed by atoms with Crippen molar-refractivity contribution in [3.63, 3.8) is 0 Å². The van der Waals surface area contributed by atoms with Gasteiger partial charge in [0.15, 0.2) is 6.10 Å². The molecule has 0 saturated carbocycles. The second kappa shape index (κ2) is 6.19. The number of hydrogen-bond donors (Lipinski definition) is 3. The van der Waals surface area contributed by atoms with Gasteiger partial charge in [0, 0.05) is 12.7 Å². The molecule has 0 radical (unpaired) electrons. The van der Waals surface area contributed by atoms with Crippen LogP contribution < -0.4 is 10.2 Å². The lowest BCUT2D eigenvalue weighted by Crippen LogP contribution is -2.43. The van der Waals surface area contributed by atoms with E-state index in [-0.39, 0.29) is 6.54 Å². The summed E-state index contributed by atoms with van der Waals surface area (Å²) in [5.74, 6) is -1.37. The molecule has 1 rings (SSSR count). The minimum Gasteiger partial charge on any atom is -0.479 e. The van der Waals surface area contributed by atoms with Gasteiger partial charge in [-0.25, -0.2) is 9.59 Å². The highest BCUT2D eigenvalue weighted by Crippen LogP contribution is 2.17. The van der Waals surface area contributed by atoms with Gasteiger partial charge >= 0.3 is 12.0 Å². The Hall–Kier alpha value is -2.08. The van der Waals surface area contributed by atoms with Crippen LogP contribution in [0.15, 0.2) is 18.2 Å². The number of benzene rings is 1. The van der Waals surface area contributed by atoms with Crippen molar-refractivity contribution in [3.05, 3.63) is 29.3 Å². The molecule has 0 aliphatic carbocycles. The van der Waals surface area contributed by atoms with Gasteiger partial charge in [-0.3, -0.25) is 4.90 Å². The maximum atomic E-state index is 11.8. The van der Waals surface area contributed by atoms with Crippen LogP contribution in [0.25, 0.3) is 0 Å². The number of rotatable bonds is 4. The Labute approximate surface area is 111 Å². The van der Waals surface area contributed by atoms with Gasteiger partial charge in [0.25, 0.3) is 0 Å². The van der Waals surface area contributed by atoms with Gasteiger partial charge < -0.3 is 15.5 Å². The number of aryl methyl sites for hydroxylation is 2. The number of carbonyl (C=O) groups excluding carboxylic acids is 1. The SMILES string of the molecule is Cc1cc(C)cc(N(C)C(=O)NCC(O)C(=O)O)c1. The Bertz CT molecular complexity index is 467. The standard InChI is InChI=1S/C13H18N2O4/c1-8-4-9(2)6-10(5-8)15(3)13(19)14-7-11(16)12(17)18/h4-6,11,16H,7H2,1-3H3,(H,14,19)(H,17,18). The molecule has 0 spiro atoms. The Morgan fingerprint density at radius 2 is 1.79 bits per heavy atom. The van der Waals surface area contributed by atoms with Crippen LogP contribution in [0.3, 0.4) is 0 Å². The molecule has 1 unspecified atom stereocenters. The van der Waals surface area contributed by atoms with Gasteiger partial charge in [0.2, 0.25) is 0 Å². The summed E-state index contributed by atoms with van der Waals surface area (Å²) in [5, 5.41) is 19.9. The molecule has 0 saturated heterocycles. The number of aliphatic hydroxyl groups is 1. The number of hydrogen-bond acceptors (Lipinski definition) is 3. The number of aliphatic carboxylic acids is 1. The van der Waals surface area contributed by atoms with Crippen molar-refractivity contribution in [2.75, 3.05) is 18.5 Å². The first-order chi connectivity index (χ1) is 8.81. The number of nitrogens with zero attached hydrogens (tertiary/aromatic N) is 1. The van der Waals surface area contributed by atoms with E-state index in [2.05, 4.69) is 5.32 Å². The van der Waals surface area contributed by atoms with Crippen molar-refractivity contribution < 1.29 is 19.8 Å². The summed E-state index contributed by atoms with van der Waals surface area (Å²) in [6, 6.07) is 5.22. The first-order valence-electron chi connectivity index (χ1n) is 5.82. The summed E-state index contributed by atoms with van der Waals surface area (Å²) in [4.78, 5) is 23.6. The summed E-state index contributed by atoms with van der Waals surface area (Å²) in [6.45, 7) is 3.52. The van der Waals surface area contributed by atoms with E-state index in [4.69, 9.17) is 10.2 Å². The molecular weight excluding hydrogens is 248 g/mol. The maximum Gasteiger partial charge on any atom is 0.334 e. The number of aliphatic hydroxyl groups excluding tert-OH is 1. The summed E-state index contributed by atoms with van der Waals surface area (Å²) < 4.78 is 0. The fraction of sp³-hybridized carbons (Fsp3) is 0.385. The van der Waals surface area contributed by atoms with Crippen molar-refractivity contribution >= 4 is 17.7 Å². The number of carboxylic acids is 1. The zero-order valence-corrected chi connectivity index (χ0v) is 11.2. The first kappa shape index (κ1) is 15.0. The van der Waals surface area contributed by atoms with Crippen LogP contribution in [-0.2, 0) is 4.79 Å². The number of urea groups is 1. The smallest absolute Gasteiger partial charge is 0.334 e. The second-order valence-electron chi connectivity index (χ2n) is 4.45. The van der Waals surface area contributed by atoms with E-state index in [1.54, 1.807) is 7.05 Å². The minimum absolute atomic E-state index is 0.330. The van der Waals surface area contributed by atoms with Crippen molar-refractivity contribution in [3.8, 4) is 0 Å². The third-order valence-electron chi connectivity index (χ3n) is 2.63. The van der Waals surface area contributed by atoms with Gasteiger partial charge in [0.1, 0.15) is 0 Å². The van der Waals surface area contributed by atoms with E-state index in [0.29, 0.717) is 5.69 Å². The molecule has 2 amide bonds. The van der Waals surface area contributed by atoms with Crippen LogP contribution in [0.5, 0.6) is 0 Å². The van der Waals surface area contributed by atoms with E-state index in [1.165, 1.54) is 4.90 Å². The molecular formula is C13H18N2O4. The van der Waals surface area contributed by atoms with Crippen LogP contribution in [0.2, 0.25) is 0 Å². The topological polar surface area (TPSA) is 89.9 Å². The highest BCUT2D eigenvalue weighted by Gasteiger charge is 2.16. The molecule has 1 aromatic rings. The molecule has 0 fully saturated rings. The lowest BCUT2D eigenvalue weighted by atomic mass is 10.1. The molecule has 3 N–H and O–H groups in total. The van der Waals surface area contributed by atoms with Crippen molar-refractivity contribution in [1.82, 2.24) is 5.32 Å². The Kier molecular flexibility index (Phi) is 4.88. The van der Waals surface area contributed by atoms with Gasteiger partial charge in [-0.1, -0.05) is 6.07 Å². The van der Waals surface area contributed by atoms with Crippen molar-refractivity contribution in [2.24, 2.45) is 0 Å². The molecule has 0 aliphatic rings. The third kappa shape index (κ3) is 4.26. The Morgan fingerprint density at radius 3 is 2.26 bits per heavy atom. The lowest BCUT2D eigenvalue weighted by Gasteiger charge is -2.19. The van der Waals surface area contributed by atoms with Crippen molar-refractivity contribution in [2.45, 2.75) is 20.0 Å². The minimum atomic E-state index is -1.60. The Morgan fingerprint density at radius 1 is 1.26 bits per heavy atom. The summed E-state index contributed by atoms with van der Waals surface area (Å²) >= 11 is 0. The fourth-order valence-corrected chi connectivity index (χ4v) is 1.65. The number of carboxylic acid groups (broad SMARTS) is 1. The number of anilines is 1. The van der Waals surface area contributed by atoms with Crippen molar-refractivity contribution in [1.29, 1.82) is 0 Å². The summed E-state index contributed by atoms with van der Waals surface area (Å²) in [5.41, 5.74) is 2.76. The quantitative estimate of drug-likeness (QED) is 0.755. The fourth-order valence-electron chi connectivity index (χ4n) is 1.65. The van der Waals surface area contributed by atoms with Crippen LogP contribution in [0.4, 0.5) is 10.5 Å². The van der Waals surface area contributed by atoms with Crippen LogP contribution in [0.1, 0.15) is 11.1 Å². The van der Waals surface area contributed by atoms with Gasteiger partial charge in [-0.05, 0) is 37.1 Å². The largest absolute Gasteiger partial charge is 0.479 e. The van der Waals surface area contributed by atoms with Gasteiger partial charge in [-0.2, -0.15) is 0 Å². The number of nitrogens with one attached hydrogen (secondary N) is 1. The second-order valence-corrected chi connectivity index (χ2v) is 4.45.